The fourth-order valence-electron chi connectivity index (χ4n) is 1.97. The van der Waals surface area contributed by atoms with Gasteiger partial charge in [0, 0.05) is 12.1 Å². The van der Waals surface area contributed by atoms with E-state index in [0.29, 0.717) is 18.9 Å². The van der Waals surface area contributed by atoms with E-state index in [1.165, 1.54) is 5.56 Å². The van der Waals surface area contributed by atoms with Crippen LogP contribution in [0, 0.1) is 5.92 Å². The Morgan fingerprint density at radius 2 is 2.06 bits per heavy atom. The summed E-state index contributed by atoms with van der Waals surface area (Å²) in [6.45, 7) is 4.93. The van der Waals surface area contributed by atoms with Gasteiger partial charge in [0.25, 0.3) is 0 Å². The second-order valence-corrected chi connectivity index (χ2v) is 4.78. The monoisotopic (exact) mass is 248 g/mol. The highest BCUT2D eigenvalue weighted by atomic mass is 16.1. The topological polar surface area (TPSA) is 55.1 Å². The number of benzene rings is 1. The van der Waals surface area contributed by atoms with Crippen LogP contribution in [0.5, 0.6) is 0 Å². The fraction of sp³-hybridized carbons (Fsp3) is 0.533. The van der Waals surface area contributed by atoms with Crippen LogP contribution >= 0.6 is 0 Å². The summed E-state index contributed by atoms with van der Waals surface area (Å²) >= 11 is 0. The maximum atomic E-state index is 11.8. The minimum absolute atomic E-state index is 0.0970. The zero-order valence-corrected chi connectivity index (χ0v) is 11.4. The molecule has 1 atom stereocenters. The molecule has 3 nitrogen and oxygen atoms in total. The third-order valence-corrected chi connectivity index (χ3v) is 3.20. The van der Waals surface area contributed by atoms with E-state index in [4.69, 9.17) is 5.73 Å². The summed E-state index contributed by atoms with van der Waals surface area (Å²) in [5.41, 5.74) is 7.62. The smallest absolute Gasteiger partial charge is 0.224 e. The van der Waals surface area contributed by atoms with Gasteiger partial charge in [-0.25, -0.2) is 0 Å². The third kappa shape index (κ3) is 4.88. The molecule has 1 aromatic carbocycles. The summed E-state index contributed by atoms with van der Waals surface area (Å²) < 4.78 is 0. The van der Waals surface area contributed by atoms with Gasteiger partial charge in [-0.1, -0.05) is 32.0 Å². The van der Waals surface area contributed by atoms with Gasteiger partial charge in [0.15, 0.2) is 0 Å². The van der Waals surface area contributed by atoms with Crippen LogP contribution in [0.2, 0.25) is 0 Å². The number of rotatable bonds is 7. The van der Waals surface area contributed by atoms with Crippen molar-refractivity contribution in [2.24, 2.45) is 11.7 Å². The first-order chi connectivity index (χ1) is 8.67. The van der Waals surface area contributed by atoms with Gasteiger partial charge >= 0.3 is 0 Å². The van der Waals surface area contributed by atoms with Gasteiger partial charge in [-0.2, -0.15) is 0 Å². The highest BCUT2D eigenvalue weighted by Gasteiger charge is 2.08. The molecule has 0 spiro atoms. The van der Waals surface area contributed by atoms with Crippen LogP contribution in [-0.2, 0) is 11.2 Å². The maximum absolute atomic E-state index is 11.8. The summed E-state index contributed by atoms with van der Waals surface area (Å²) in [5, 5.41) is 2.99. The second kappa shape index (κ2) is 7.88. The van der Waals surface area contributed by atoms with Crippen molar-refractivity contribution >= 4 is 11.6 Å². The van der Waals surface area contributed by atoms with Gasteiger partial charge in [-0.3, -0.25) is 4.79 Å². The van der Waals surface area contributed by atoms with Crippen molar-refractivity contribution in [2.75, 3.05) is 11.9 Å². The Kier molecular flexibility index (Phi) is 6.44. The molecule has 1 rings (SSSR count). The summed E-state index contributed by atoms with van der Waals surface area (Å²) in [7, 11) is 0. The van der Waals surface area contributed by atoms with Crippen LogP contribution < -0.4 is 11.1 Å². The van der Waals surface area contributed by atoms with Gasteiger partial charge in [-0.05, 0) is 43.4 Å². The number of aryl methyl sites for hydroxylation is 1. The van der Waals surface area contributed by atoms with Crippen molar-refractivity contribution in [3.63, 3.8) is 0 Å². The summed E-state index contributed by atoms with van der Waals surface area (Å²) in [5.74, 6) is 0.613. The molecule has 1 aromatic rings. The van der Waals surface area contributed by atoms with Crippen molar-refractivity contribution in [2.45, 2.75) is 39.5 Å². The number of anilines is 1. The quantitative estimate of drug-likeness (QED) is 0.779. The number of amides is 1. The van der Waals surface area contributed by atoms with E-state index < -0.39 is 0 Å². The highest BCUT2D eigenvalue weighted by Crippen LogP contribution is 2.16. The zero-order chi connectivity index (χ0) is 13.4. The van der Waals surface area contributed by atoms with E-state index in [2.05, 4.69) is 19.2 Å². The molecule has 0 saturated carbocycles. The molecule has 0 aliphatic heterocycles. The summed E-state index contributed by atoms with van der Waals surface area (Å²) in [6.07, 6.45) is 3.38. The van der Waals surface area contributed by atoms with Gasteiger partial charge in [-0.15, -0.1) is 0 Å². The lowest BCUT2D eigenvalue weighted by Crippen LogP contribution is -2.15. The average molecular weight is 248 g/mol. The summed E-state index contributed by atoms with van der Waals surface area (Å²) in [4.78, 5) is 11.8. The van der Waals surface area contributed by atoms with Crippen LogP contribution in [0.15, 0.2) is 24.3 Å². The number of carbonyl (C=O) groups excluding carboxylic acids is 1. The Balaban J connectivity index is 2.44. The molecule has 3 N–H and O–H groups in total. The van der Waals surface area contributed by atoms with Crippen LogP contribution in [0.3, 0.4) is 0 Å². The highest BCUT2D eigenvalue weighted by molar-refractivity contribution is 5.91. The SMILES string of the molecule is CCc1ccccc1NC(=O)CCC(C)CCN. The largest absolute Gasteiger partial charge is 0.330 e. The van der Waals surface area contributed by atoms with Crippen LogP contribution in [-0.4, -0.2) is 12.5 Å². The van der Waals surface area contributed by atoms with Gasteiger partial charge < -0.3 is 11.1 Å². The third-order valence-electron chi connectivity index (χ3n) is 3.20. The van der Waals surface area contributed by atoms with Crippen molar-refractivity contribution in [1.82, 2.24) is 0 Å². The van der Waals surface area contributed by atoms with Crippen molar-refractivity contribution in [3.8, 4) is 0 Å². The number of nitrogens with one attached hydrogen (secondary N) is 1. The molecule has 0 fully saturated rings. The normalized spacial score (nSPS) is 12.2. The van der Waals surface area contributed by atoms with Crippen molar-refractivity contribution < 1.29 is 4.79 Å². The molecule has 0 aliphatic carbocycles. The first kappa shape index (κ1) is 14.7. The molecule has 3 heteroatoms. The zero-order valence-electron chi connectivity index (χ0n) is 11.4. The van der Waals surface area contributed by atoms with Crippen molar-refractivity contribution in [3.05, 3.63) is 29.8 Å². The maximum Gasteiger partial charge on any atom is 0.224 e. The molecule has 1 unspecified atom stereocenters. The van der Waals surface area contributed by atoms with E-state index in [1.807, 2.05) is 24.3 Å². The minimum Gasteiger partial charge on any atom is -0.330 e. The Labute approximate surface area is 110 Å². The molecule has 0 aliphatic rings. The predicted molar refractivity (Wildman–Crippen MR) is 76.5 cm³/mol. The van der Waals surface area contributed by atoms with E-state index in [9.17, 15) is 4.79 Å². The fourth-order valence-corrected chi connectivity index (χ4v) is 1.97. The molecular weight excluding hydrogens is 224 g/mol. The first-order valence-electron chi connectivity index (χ1n) is 6.75. The van der Waals surface area contributed by atoms with Crippen LogP contribution in [0.4, 0.5) is 5.69 Å². The molecule has 0 aromatic heterocycles. The van der Waals surface area contributed by atoms with Crippen molar-refractivity contribution in [1.29, 1.82) is 0 Å². The Bertz CT molecular complexity index is 377. The number of hydrogen-bond acceptors (Lipinski definition) is 2. The summed E-state index contributed by atoms with van der Waals surface area (Å²) in [6, 6.07) is 7.95. The molecule has 0 saturated heterocycles. The molecular formula is C15H24N2O. The van der Waals surface area contributed by atoms with E-state index >= 15 is 0 Å². The first-order valence-corrected chi connectivity index (χ1v) is 6.75. The Morgan fingerprint density at radius 3 is 2.72 bits per heavy atom. The molecule has 1 amide bonds. The lowest BCUT2D eigenvalue weighted by molar-refractivity contribution is -0.116. The molecule has 0 radical (unpaired) electrons. The van der Waals surface area contributed by atoms with Crippen LogP contribution in [0.25, 0.3) is 0 Å². The molecule has 0 bridgehead atoms. The number of para-hydroxylation sites is 1. The Morgan fingerprint density at radius 1 is 1.33 bits per heavy atom. The number of nitrogens with two attached hydrogens (primary N) is 1. The van der Waals surface area contributed by atoms with Crippen LogP contribution in [0.1, 0.15) is 38.7 Å². The predicted octanol–water partition coefficient (Wildman–Crippen LogP) is 2.95. The standard InChI is InChI=1S/C15H24N2O/c1-3-13-6-4-5-7-14(13)17-15(18)9-8-12(2)10-11-16/h4-7,12H,3,8-11,16H2,1-2H3,(H,17,18). The number of hydrogen-bond donors (Lipinski definition) is 2. The number of carbonyl (C=O) groups is 1. The van der Waals surface area contributed by atoms with Gasteiger partial charge in [0.2, 0.25) is 5.91 Å². The Hall–Kier alpha value is -1.35. The van der Waals surface area contributed by atoms with Gasteiger partial charge in [0.1, 0.15) is 0 Å². The molecule has 18 heavy (non-hydrogen) atoms. The van der Waals surface area contributed by atoms with E-state index in [1.54, 1.807) is 0 Å². The van der Waals surface area contributed by atoms with E-state index in [0.717, 1.165) is 24.9 Å². The second-order valence-electron chi connectivity index (χ2n) is 4.78. The minimum atomic E-state index is 0.0970. The molecule has 100 valence electrons. The van der Waals surface area contributed by atoms with Gasteiger partial charge in [0.05, 0.1) is 0 Å². The molecule has 0 heterocycles. The lowest BCUT2D eigenvalue weighted by Gasteiger charge is -2.12. The lowest BCUT2D eigenvalue weighted by atomic mass is 10.0. The van der Waals surface area contributed by atoms with E-state index in [-0.39, 0.29) is 5.91 Å². The average Bonchev–Trinajstić information content (AvgIpc) is 2.37.